The highest BCUT2D eigenvalue weighted by molar-refractivity contribution is 6.05. The van der Waals surface area contributed by atoms with Gasteiger partial charge < -0.3 is 10.4 Å². The molecule has 1 aliphatic rings. The molecule has 2 aromatic carbocycles. The summed E-state index contributed by atoms with van der Waals surface area (Å²) in [7, 11) is 0. The monoisotopic (exact) mass is 319 g/mol. The van der Waals surface area contributed by atoms with E-state index in [0.29, 0.717) is 11.4 Å². The molecule has 0 saturated carbocycles. The second kappa shape index (κ2) is 5.85. The lowest BCUT2D eigenvalue weighted by Crippen LogP contribution is -2.15. The molecule has 1 aliphatic carbocycles. The summed E-state index contributed by atoms with van der Waals surface area (Å²) < 4.78 is 1.86. The van der Waals surface area contributed by atoms with Crippen LogP contribution in [0, 0.1) is 0 Å². The zero-order chi connectivity index (χ0) is 16.5. The third kappa shape index (κ3) is 2.44. The van der Waals surface area contributed by atoms with E-state index in [4.69, 9.17) is 0 Å². The number of anilines is 1. The Bertz CT molecular complexity index is 900. The quantitative estimate of drug-likeness (QED) is 0.728. The fraction of sp³-hybridized carbons (Fsp3) is 0.158. The number of phenolic OH excluding ortho intramolecular Hbond substituents is 1. The topological polar surface area (TPSA) is 67.2 Å². The van der Waals surface area contributed by atoms with Crippen molar-refractivity contribution in [3.8, 4) is 11.4 Å². The number of nitrogens with one attached hydrogen (secondary N) is 1. The Labute approximate surface area is 139 Å². The lowest BCUT2D eigenvalue weighted by atomic mass is 10.2. The molecule has 1 heterocycles. The Morgan fingerprint density at radius 3 is 2.58 bits per heavy atom. The number of hydrogen-bond donors (Lipinski definition) is 2. The Morgan fingerprint density at radius 2 is 1.79 bits per heavy atom. The van der Waals surface area contributed by atoms with Gasteiger partial charge in [-0.15, -0.1) is 0 Å². The number of amides is 1. The Balaban J connectivity index is 1.72. The molecule has 1 aromatic heterocycles. The van der Waals surface area contributed by atoms with Crippen molar-refractivity contribution in [2.45, 2.75) is 19.3 Å². The Kier molecular flexibility index (Phi) is 3.54. The molecule has 24 heavy (non-hydrogen) atoms. The third-order valence-corrected chi connectivity index (χ3v) is 4.30. The third-order valence-electron chi connectivity index (χ3n) is 4.30. The highest BCUT2D eigenvalue weighted by Crippen LogP contribution is 2.29. The van der Waals surface area contributed by atoms with Gasteiger partial charge in [-0.1, -0.05) is 30.3 Å². The van der Waals surface area contributed by atoms with Gasteiger partial charge in [0.25, 0.3) is 5.91 Å². The summed E-state index contributed by atoms with van der Waals surface area (Å²) in [4.78, 5) is 12.7. The highest BCUT2D eigenvalue weighted by Gasteiger charge is 2.27. The number of aromatic nitrogens is 2. The molecule has 4 rings (SSSR count). The van der Waals surface area contributed by atoms with Gasteiger partial charge in [0, 0.05) is 11.3 Å². The van der Waals surface area contributed by atoms with Crippen LogP contribution >= 0.6 is 0 Å². The second-order valence-corrected chi connectivity index (χ2v) is 5.85. The zero-order valence-electron chi connectivity index (χ0n) is 13.1. The molecule has 2 N–H and O–H groups in total. The minimum Gasteiger partial charge on any atom is -0.506 e. The molecule has 5 heteroatoms. The average molecular weight is 319 g/mol. The average Bonchev–Trinajstić information content (AvgIpc) is 3.20. The fourth-order valence-corrected chi connectivity index (χ4v) is 3.16. The summed E-state index contributed by atoms with van der Waals surface area (Å²) in [6.45, 7) is 0. The number of nitrogens with zero attached hydrogens (tertiary/aromatic N) is 2. The van der Waals surface area contributed by atoms with Gasteiger partial charge in [-0.3, -0.25) is 4.79 Å². The smallest absolute Gasteiger partial charge is 0.276 e. The fourth-order valence-electron chi connectivity index (χ4n) is 3.16. The van der Waals surface area contributed by atoms with Gasteiger partial charge in [0.2, 0.25) is 0 Å². The van der Waals surface area contributed by atoms with Gasteiger partial charge in [0.15, 0.2) is 5.69 Å². The van der Waals surface area contributed by atoms with Gasteiger partial charge in [0.05, 0.1) is 11.4 Å². The molecule has 3 aromatic rings. The SMILES string of the molecule is O=C(Nc1ccccc1O)c1nn(-c2ccccc2)c2c1CCC2. The first-order valence-electron chi connectivity index (χ1n) is 7.99. The highest BCUT2D eigenvalue weighted by atomic mass is 16.3. The van der Waals surface area contributed by atoms with Crippen LogP contribution in [0.3, 0.4) is 0 Å². The number of rotatable bonds is 3. The predicted octanol–water partition coefficient (Wildman–Crippen LogP) is 3.32. The molecule has 0 bridgehead atoms. The first-order valence-corrected chi connectivity index (χ1v) is 7.99. The molecule has 0 fully saturated rings. The standard InChI is InChI=1S/C19H17N3O2/c23-17-12-5-4-10-15(17)20-19(24)18-14-9-6-11-16(14)22(21-18)13-7-2-1-3-8-13/h1-5,7-8,10,12,23H,6,9,11H2,(H,20,24). The van der Waals surface area contributed by atoms with E-state index in [1.54, 1.807) is 24.3 Å². The van der Waals surface area contributed by atoms with E-state index in [1.807, 2.05) is 35.0 Å². The van der Waals surface area contributed by atoms with E-state index in [0.717, 1.165) is 36.2 Å². The van der Waals surface area contributed by atoms with E-state index < -0.39 is 0 Å². The molecule has 1 amide bonds. The molecule has 0 saturated heterocycles. The van der Waals surface area contributed by atoms with E-state index in [-0.39, 0.29) is 11.7 Å². The van der Waals surface area contributed by atoms with Crippen molar-refractivity contribution in [2.75, 3.05) is 5.32 Å². The van der Waals surface area contributed by atoms with Crippen molar-refractivity contribution in [1.82, 2.24) is 9.78 Å². The summed E-state index contributed by atoms with van der Waals surface area (Å²) in [6, 6.07) is 16.5. The van der Waals surface area contributed by atoms with E-state index >= 15 is 0 Å². The van der Waals surface area contributed by atoms with E-state index in [1.165, 1.54) is 0 Å². The number of carbonyl (C=O) groups is 1. The van der Waals surface area contributed by atoms with Crippen molar-refractivity contribution < 1.29 is 9.90 Å². The Hall–Kier alpha value is -3.08. The van der Waals surface area contributed by atoms with Gasteiger partial charge in [-0.2, -0.15) is 5.10 Å². The minimum absolute atomic E-state index is 0.0463. The summed E-state index contributed by atoms with van der Waals surface area (Å²) in [6.07, 6.45) is 2.80. The molecule has 0 aliphatic heterocycles. The molecule has 0 atom stereocenters. The van der Waals surface area contributed by atoms with Crippen LogP contribution in [0.5, 0.6) is 5.75 Å². The second-order valence-electron chi connectivity index (χ2n) is 5.85. The van der Waals surface area contributed by atoms with Crippen LogP contribution < -0.4 is 5.32 Å². The van der Waals surface area contributed by atoms with Crippen LogP contribution in [0.4, 0.5) is 5.69 Å². The van der Waals surface area contributed by atoms with Crippen LogP contribution in [0.1, 0.15) is 28.2 Å². The van der Waals surface area contributed by atoms with Gasteiger partial charge >= 0.3 is 0 Å². The number of hydrogen-bond acceptors (Lipinski definition) is 3. The molecular weight excluding hydrogens is 302 g/mol. The number of para-hydroxylation sites is 3. The van der Waals surface area contributed by atoms with Gasteiger partial charge in [0.1, 0.15) is 5.75 Å². The van der Waals surface area contributed by atoms with Crippen LogP contribution in [0.15, 0.2) is 54.6 Å². The van der Waals surface area contributed by atoms with Gasteiger partial charge in [-0.05, 0) is 43.5 Å². The number of fused-ring (bicyclic) bond motifs is 1. The lowest BCUT2D eigenvalue weighted by molar-refractivity contribution is 0.102. The largest absolute Gasteiger partial charge is 0.506 e. The molecular formula is C19H17N3O2. The number of aromatic hydroxyl groups is 1. The maximum Gasteiger partial charge on any atom is 0.276 e. The zero-order valence-corrected chi connectivity index (χ0v) is 13.1. The maximum absolute atomic E-state index is 12.7. The normalized spacial score (nSPS) is 12.8. The van der Waals surface area contributed by atoms with Gasteiger partial charge in [-0.25, -0.2) is 4.68 Å². The molecule has 0 radical (unpaired) electrons. The first-order chi connectivity index (χ1) is 11.7. The number of phenols is 1. The lowest BCUT2D eigenvalue weighted by Gasteiger charge is -2.06. The summed E-state index contributed by atoms with van der Waals surface area (Å²) in [5.41, 5.74) is 3.89. The van der Waals surface area contributed by atoms with Crippen molar-refractivity contribution in [1.29, 1.82) is 0 Å². The predicted molar refractivity (Wildman–Crippen MR) is 91.6 cm³/mol. The van der Waals surface area contributed by atoms with Crippen molar-refractivity contribution >= 4 is 11.6 Å². The number of carbonyl (C=O) groups excluding carboxylic acids is 1. The van der Waals surface area contributed by atoms with Crippen molar-refractivity contribution in [3.05, 3.63) is 71.5 Å². The Morgan fingerprint density at radius 1 is 1.04 bits per heavy atom. The molecule has 0 unspecified atom stereocenters. The van der Waals surface area contributed by atoms with Crippen LogP contribution in [0.2, 0.25) is 0 Å². The maximum atomic E-state index is 12.7. The van der Waals surface area contributed by atoms with Crippen LogP contribution in [-0.2, 0) is 12.8 Å². The summed E-state index contributed by atoms with van der Waals surface area (Å²) in [5, 5.41) is 17.1. The van der Waals surface area contributed by atoms with E-state index in [2.05, 4.69) is 10.4 Å². The number of benzene rings is 2. The molecule has 0 spiro atoms. The summed E-state index contributed by atoms with van der Waals surface area (Å²) in [5.74, 6) is -0.241. The summed E-state index contributed by atoms with van der Waals surface area (Å²) >= 11 is 0. The molecule has 120 valence electrons. The van der Waals surface area contributed by atoms with Crippen LogP contribution in [0.25, 0.3) is 5.69 Å². The molecule has 5 nitrogen and oxygen atoms in total. The van der Waals surface area contributed by atoms with Crippen molar-refractivity contribution in [3.63, 3.8) is 0 Å². The van der Waals surface area contributed by atoms with Crippen molar-refractivity contribution in [2.24, 2.45) is 0 Å². The first kappa shape index (κ1) is 14.5. The minimum atomic E-state index is -0.288. The van der Waals surface area contributed by atoms with E-state index in [9.17, 15) is 9.90 Å². The van der Waals surface area contributed by atoms with Crippen LogP contribution in [-0.4, -0.2) is 20.8 Å².